The summed E-state index contributed by atoms with van der Waals surface area (Å²) in [5.41, 5.74) is 0. The molecule has 0 bridgehead atoms. The van der Waals surface area contributed by atoms with E-state index in [1.165, 1.54) is 31.9 Å². The Morgan fingerprint density at radius 3 is 2.15 bits per heavy atom. The third-order valence-corrected chi connectivity index (χ3v) is 6.73. The first-order valence-electron chi connectivity index (χ1n) is 9.67. The molecule has 154 valence electrons. The number of hydrogen-bond donors (Lipinski definition) is 1. The lowest BCUT2D eigenvalue weighted by molar-refractivity contribution is 0.0865. The second kappa shape index (κ2) is 11.0. The first-order valence-corrected chi connectivity index (χ1v) is 11.7. The topological polar surface area (TPSA) is 65.0 Å². The molecule has 0 spiro atoms. The Labute approximate surface area is 177 Å². The molecule has 0 radical (unpaired) electrons. The summed E-state index contributed by atoms with van der Waals surface area (Å²) in [5, 5.41) is 3.19. The fourth-order valence-electron chi connectivity index (χ4n) is 4.11. The van der Waals surface area contributed by atoms with Crippen LogP contribution in [0.5, 0.6) is 0 Å². The predicted octanol–water partition coefficient (Wildman–Crippen LogP) is 2.06. The fourth-order valence-corrected chi connectivity index (χ4v) is 4.59. The van der Waals surface area contributed by atoms with E-state index in [1.807, 2.05) is 0 Å². The van der Waals surface area contributed by atoms with Gasteiger partial charge in [0, 0.05) is 52.1 Å². The first-order chi connectivity index (χ1) is 11.8. The van der Waals surface area contributed by atoms with Crippen molar-refractivity contribution in [2.75, 3.05) is 51.8 Å². The molecule has 2 fully saturated rings. The summed E-state index contributed by atoms with van der Waals surface area (Å²) in [5.74, 6) is 2.70. The molecule has 0 aromatic rings. The molecule has 2 aliphatic rings. The zero-order valence-corrected chi connectivity index (χ0v) is 19.9. The molecule has 0 atom stereocenters. The lowest BCUT2D eigenvalue weighted by atomic mass is 9.79. The number of nitrogens with zero attached hydrogens (tertiary/aromatic N) is 3. The quantitative estimate of drug-likeness (QED) is 0.356. The number of sulfone groups is 1. The maximum Gasteiger partial charge on any atom is 0.193 e. The van der Waals surface area contributed by atoms with Gasteiger partial charge in [-0.1, -0.05) is 13.8 Å². The summed E-state index contributed by atoms with van der Waals surface area (Å²) in [7, 11) is -1.17. The van der Waals surface area contributed by atoms with Crippen LogP contribution in [0.4, 0.5) is 0 Å². The summed E-state index contributed by atoms with van der Waals surface area (Å²) in [6, 6.07) is 0.748. The third-order valence-electron chi connectivity index (χ3n) is 5.78. The molecule has 1 N–H and O–H groups in total. The first kappa shape index (κ1) is 23.9. The van der Waals surface area contributed by atoms with Crippen LogP contribution in [0.1, 0.15) is 39.5 Å². The highest BCUT2D eigenvalue weighted by molar-refractivity contribution is 14.0. The van der Waals surface area contributed by atoms with Crippen molar-refractivity contribution in [3.8, 4) is 0 Å². The third kappa shape index (κ3) is 7.50. The molecule has 8 heteroatoms. The van der Waals surface area contributed by atoms with Gasteiger partial charge in [-0.15, -0.1) is 24.0 Å². The van der Waals surface area contributed by atoms with Gasteiger partial charge in [-0.3, -0.25) is 9.89 Å². The molecule has 1 aliphatic heterocycles. The van der Waals surface area contributed by atoms with Crippen molar-refractivity contribution in [2.24, 2.45) is 16.8 Å². The van der Waals surface area contributed by atoms with Crippen LogP contribution >= 0.6 is 24.0 Å². The molecule has 1 saturated heterocycles. The summed E-state index contributed by atoms with van der Waals surface area (Å²) in [6.45, 7) is 9.20. The van der Waals surface area contributed by atoms with Gasteiger partial charge in [0.05, 0.1) is 5.75 Å². The molecule has 0 aromatic heterocycles. The maximum absolute atomic E-state index is 11.3. The molecule has 0 aromatic carbocycles. The Hall–Kier alpha value is -0.0900. The van der Waals surface area contributed by atoms with Gasteiger partial charge in [0.2, 0.25) is 0 Å². The smallest absolute Gasteiger partial charge is 0.193 e. The van der Waals surface area contributed by atoms with Gasteiger partial charge in [-0.25, -0.2) is 8.42 Å². The highest BCUT2D eigenvalue weighted by atomic mass is 127. The standard InChI is InChI=1S/C18H36N4O2S.HI/c1-15(2)16-5-7-17(8-6-16)21-10-12-22(13-11-21)18(19-3)20-9-14-25(4,23)24;/h15-17H,5-14H2,1-4H3,(H,19,20);1H. The van der Waals surface area contributed by atoms with Crippen molar-refractivity contribution < 1.29 is 8.42 Å². The van der Waals surface area contributed by atoms with Crippen LogP contribution in [0.25, 0.3) is 0 Å². The molecule has 1 saturated carbocycles. The maximum atomic E-state index is 11.3. The van der Waals surface area contributed by atoms with Crippen molar-refractivity contribution in [1.82, 2.24) is 15.1 Å². The second-order valence-corrected chi connectivity index (χ2v) is 10.2. The number of hydrogen-bond acceptors (Lipinski definition) is 4. The van der Waals surface area contributed by atoms with Gasteiger partial charge in [-0.2, -0.15) is 0 Å². The lowest BCUT2D eigenvalue weighted by Crippen LogP contribution is -2.55. The van der Waals surface area contributed by atoms with E-state index in [0.717, 1.165) is 50.0 Å². The van der Waals surface area contributed by atoms with Crippen molar-refractivity contribution >= 4 is 39.8 Å². The monoisotopic (exact) mass is 500 g/mol. The van der Waals surface area contributed by atoms with Crippen LogP contribution < -0.4 is 5.32 Å². The Morgan fingerprint density at radius 2 is 1.69 bits per heavy atom. The van der Waals surface area contributed by atoms with Gasteiger partial charge in [-0.05, 0) is 37.5 Å². The minimum Gasteiger partial charge on any atom is -0.355 e. The average Bonchev–Trinajstić information content (AvgIpc) is 2.58. The molecule has 0 amide bonds. The van der Waals surface area contributed by atoms with Crippen LogP contribution in [-0.2, 0) is 9.84 Å². The van der Waals surface area contributed by atoms with Crippen molar-refractivity contribution in [2.45, 2.75) is 45.6 Å². The van der Waals surface area contributed by atoms with Crippen molar-refractivity contribution in [3.05, 3.63) is 0 Å². The SMILES string of the molecule is CN=C(NCCS(C)(=O)=O)N1CCN(C2CCC(C(C)C)CC2)CC1.I. The van der Waals surface area contributed by atoms with Crippen LogP contribution in [-0.4, -0.2) is 82.0 Å². The van der Waals surface area contributed by atoms with Crippen LogP contribution in [0.2, 0.25) is 0 Å². The van der Waals surface area contributed by atoms with Gasteiger partial charge in [0.15, 0.2) is 5.96 Å². The molecule has 26 heavy (non-hydrogen) atoms. The van der Waals surface area contributed by atoms with Crippen LogP contribution in [0, 0.1) is 11.8 Å². The largest absolute Gasteiger partial charge is 0.355 e. The summed E-state index contributed by atoms with van der Waals surface area (Å²) >= 11 is 0. The highest BCUT2D eigenvalue weighted by Gasteiger charge is 2.29. The van der Waals surface area contributed by atoms with E-state index in [9.17, 15) is 8.42 Å². The Bertz CT molecular complexity index is 537. The molecular weight excluding hydrogens is 463 g/mol. The predicted molar refractivity (Wildman–Crippen MR) is 120 cm³/mol. The minimum atomic E-state index is -2.94. The molecule has 2 rings (SSSR count). The van der Waals surface area contributed by atoms with E-state index in [2.05, 4.69) is 34.0 Å². The molecule has 0 unspecified atom stereocenters. The Balaban J connectivity index is 0.00000338. The number of halogens is 1. The number of rotatable bonds is 5. The zero-order valence-electron chi connectivity index (χ0n) is 16.8. The fraction of sp³-hybridized carbons (Fsp3) is 0.944. The van der Waals surface area contributed by atoms with E-state index >= 15 is 0 Å². The summed E-state index contributed by atoms with van der Waals surface area (Å²) < 4.78 is 22.5. The van der Waals surface area contributed by atoms with Gasteiger partial charge >= 0.3 is 0 Å². The van der Waals surface area contributed by atoms with Crippen LogP contribution in [0.3, 0.4) is 0 Å². The molecule has 1 aliphatic carbocycles. The van der Waals surface area contributed by atoms with E-state index in [1.54, 1.807) is 7.05 Å². The number of guanidine groups is 1. The van der Waals surface area contributed by atoms with E-state index in [-0.39, 0.29) is 29.7 Å². The molecule has 6 nitrogen and oxygen atoms in total. The molecule has 1 heterocycles. The average molecular weight is 500 g/mol. The van der Waals surface area contributed by atoms with E-state index < -0.39 is 9.84 Å². The number of aliphatic imine (C=N–C) groups is 1. The summed E-state index contributed by atoms with van der Waals surface area (Å²) in [4.78, 5) is 9.21. The van der Waals surface area contributed by atoms with Gasteiger partial charge < -0.3 is 10.2 Å². The summed E-state index contributed by atoms with van der Waals surface area (Å²) in [6.07, 6.45) is 6.69. The van der Waals surface area contributed by atoms with Crippen LogP contribution in [0.15, 0.2) is 4.99 Å². The van der Waals surface area contributed by atoms with Crippen molar-refractivity contribution in [3.63, 3.8) is 0 Å². The van der Waals surface area contributed by atoms with Gasteiger partial charge in [0.25, 0.3) is 0 Å². The zero-order chi connectivity index (χ0) is 18.4. The highest BCUT2D eigenvalue weighted by Crippen LogP contribution is 2.32. The van der Waals surface area contributed by atoms with Gasteiger partial charge in [0.1, 0.15) is 9.84 Å². The Morgan fingerprint density at radius 1 is 1.12 bits per heavy atom. The van der Waals surface area contributed by atoms with E-state index in [0.29, 0.717) is 6.54 Å². The lowest BCUT2D eigenvalue weighted by Gasteiger charge is -2.43. The van der Waals surface area contributed by atoms with Crippen molar-refractivity contribution in [1.29, 1.82) is 0 Å². The normalized spacial score (nSPS) is 25.9. The Kier molecular flexibility index (Phi) is 10.2. The van der Waals surface area contributed by atoms with E-state index in [4.69, 9.17) is 0 Å². The number of piperazine rings is 1. The molecular formula is C18H37IN4O2S. The second-order valence-electron chi connectivity index (χ2n) is 7.94. The minimum absolute atomic E-state index is 0. The number of nitrogens with one attached hydrogen (secondary N) is 1.